The van der Waals surface area contributed by atoms with Crippen LogP contribution in [0.2, 0.25) is 0 Å². The van der Waals surface area contributed by atoms with E-state index in [1.54, 1.807) is 6.07 Å². The number of epoxide rings is 1. The number of nitrogens with zero attached hydrogens (tertiary/aromatic N) is 1. The van der Waals surface area contributed by atoms with Crippen LogP contribution in [0.25, 0.3) is 10.9 Å². The Kier molecular flexibility index (Phi) is 1.61. The zero-order valence-corrected chi connectivity index (χ0v) is 7.61. The highest BCUT2D eigenvalue weighted by molar-refractivity contribution is 5.80. The van der Waals surface area contributed by atoms with Gasteiger partial charge >= 0.3 is 0 Å². The van der Waals surface area contributed by atoms with Gasteiger partial charge in [-0.25, -0.2) is 4.39 Å². The molecule has 0 bridgehead atoms. The molecular formula is C11H10FNO. The van der Waals surface area contributed by atoms with Crippen LogP contribution in [0.5, 0.6) is 0 Å². The van der Waals surface area contributed by atoms with Crippen LogP contribution in [0.15, 0.2) is 30.5 Å². The van der Waals surface area contributed by atoms with Crippen LogP contribution in [0.4, 0.5) is 4.39 Å². The molecule has 14 heavy (non-hydrogen) atoms. The quantitative estimate of drug-likeness (QED) is 0.665. The molecule has 0 aliphatic carbocycles. The van der Waals surface area contributed by atoms with Crippen molar-refractivity contribution in [1.82, 2.24) is 4.57 Å². The summed E-state index contributed by atoms with van der Waals surface area (Å²) in [5.41, 5.74) is 0.945. The zero-order valence-electron chi connectivity index (χ0n) is 7.61. The number of aromatic nitrogens is 1. The molecule has 0 unspecified atom stereocenters. The number of fused-ring (bicyclic) bond motifs is 1. The average molecular weight is 191 g/mol. The van der Waals surface area contributed by atoms with Gasteiger partial charge in [0.2, 0.25) is 0 Å². The van der Waals surface area contributed by atoms with Crippen LogP contribution in [0, 0.1) is 5.82 Å². The number of hydrogen-bond acceptors (Lipinski definition) is 1. The van der Waals surface area contributed by atoms with Gasteiger partial charge in [0.25, 0.3) is 0 Å². The van der Waals surface area contributed by atoms with E-state index in [1.165, 1.54) is 6.07 Å². The zero-order chi connectivity index (χ0) is 9.54. The minimum atomic E-state index is -0.155. The van der Waals surface area contributed by atoms with Gasteiger partial charge in [-0.05, 0) is 18.2 Å². The van der Waals surface area contributed by atoms with Crippen molar-refractivity contribution in [1.29, 1.82) is 0 Å². The topological polar surface area (TPSA) is 17.5 Å². The molecule has 1 saturated heterocycles. The summed E-state index contributed by atoms with van der Waals surface area (Å²) in [7, 11) is 0. The lowest BCUT2D eigenvalue weighted by Gasteiger charge is -2.01. The molecule has 72 valence electrons. The van der Waals surface area contributed by atoms with Gasteiger partial charge in [0.05, 0.1) is 24.8 Å². The Hall–Kier alpha value is -1.35. The minimum Gasteiger partial charge on any atom is -0.371 e. The Morgan fingerprint density at radius 2 is 2.29 bits per heavy atom. The molecule has 0 saturated carbocycles. The van der Waals surface area contributed by atoms with Crippen LogP contribution in [-0.2, 0) is 11.3 Å². The maximum absolute atomic E-state index is 13.3. The van der Waals surface area contributed by atoms with Gasteiger partial charge in [0.15, 0.2) is 0 Å². The second-order valence-electron chi connectivity index (χ2n) is 3.60. The molecule has 2 aromatic rings. The van der Waals surface area contributed by atoms with Crippen molar-refractivity contribution < 1.29 is 9.13 Å². The van der Waals surface area contributed by atoms with Gasteiger partial charge in [0, 0.05) is 11.6 Å². The fourth-order valence-corrected chi connectivity index (χ4v) is 1.74. The lowest BCUT2D eigenvalue weighted by atomic mass is 10.2. The lowest BCUT2D eigenvalue weighted by Crippen LogP contribution is -2.01. The standard InChI is InChI=1S/C11H10FNO/c12-10-2-1-3-11-9(10)4-5-13(11)6-8-7-14-8/h1-5,8H,6-7H2/t8-/m0/s1. The summed E-state index contributed by atoms with van der Waals surface area (Å²) >= 11 is 0. The van der Waals surface area contributed by atoms with E-state index in [0.717, 1.165) is 18.7 Å². The van der Waals surface area contributed by atoms with Gasteiger partial charge in [-0.1, -0.05) is 6.07 Å². The first-order valence-electron chi connectivity index (χ1n) is 4.69. The molecule has 2 nitrogen and oxygen atoms in total. The number of benzene rings is 1. The van der Waals surface area contributed by atoms with E-state index in [-0.39, 0.29) is 5.82 Å². The van der Waals surface area contributed by atoms with Crippen LogP contribution < -0.4 is 0 Å². The molecule has 0 radical (unpaired) electrons. The SMILES string of the molecule is Fc1cccc2c1ccn2C[C@H]1CO1. The molecule has 1 aliphatic heterocycles. The molecule has 1 aromatic heterocycles. The fourth-order valence-electron chi connectivity index (χ4n) is 1.74. The molecular weight excluding hydrogens is 181 g/mol. The molecule has 1 aliphatic rings. The van der Waals surface area contributed by atoms with Gasteiger partial charge in [-0.3, -0.25) is 0 Å². The predicted octanol–water partition coefficient (Wildman–Crippen LogP) is 2.18. The van der Waals surface area contributed by atoms with Gasteiger partial charge in [0.1, 0.15) is 5.82 Å². The van der Waals surface area contributed by atoms with Gasteiger partial charge in [-0.2, -0.15) is 0 Å². The van der Waals surface area contributed by atoms with Crippen molar-refractivity contribution in [3.63, 3.8) is 0 Å². The predicted molar refractivity (Wildman–Crippen MR) is 51.6 cm³/mol. The minimum absolute atomic E-state index is 0.155. The molecule has 1 aromatic carbocycles. The van der Waals surface area contributed by atoms with Crippen LogP contribution in [0.3, 0.4) is 0 Å². The lowest BCUT2D eigenvalue weighted by molar-refractivity contribution is 0.385. The monoisotopic (exact) mass is 191 g/mol. The third kappa shape index (κ3) is 1.21. The Balaban J connectivity index is 2.10. The Morgan fingerprint density at radius 1 is 1.43 bits per heavy atom. The van der Waals surface area contributed by atoms with Crippen molar-refractivity contribution >= 4 is 10.9 Å². The van der Waals surface area contributed by atoms with Gasteiger partial charge < -0.3 is 9.30 Å². The highest BCUT2D eigenvalue weighted by Gasteiger charge is 2.23. The second kappa shape index (κ2) is 2.82. The summed E-state index contributed by atoms with van der Waals surface area (Å²) in [5.74, 6) is -0.155. The first-order valence-corrected chi connectivity index (χ1v) is 4.69. The number of hydrogen-bond donors (Lipinski definition) is 0. The normalized spacial score (nSPS) is 20.2. The van der Waals surface area contributed by atoms with E-state index >= 15 is 0 Å². The van der Waals surface area contributed by atoms with Gasteiger partial charge in [-0.15, -0.1) is 0 Å². The third-order valence-corrected chi connectivity index (χ3v) is 2.56. The van der Waals surface area contributed by atoms with E-state index in [2.05, 4.69) is 0 Å². The number of ether oxygens (including phenoxy) is 1. The molecule has 1 atom stereocenters. The molecule has 3 heteroatoms. The van der Waals surface area contributed by atoms with E-state index in [4.69, 9.17) is 4.74 Å². The third-order valence-electron chi connectivity index (χ3n) is 2.56. The first kappa shape index (κ1) is 8.00. The van der Waals surface area contributed by atoms with E-state index < -0.39 is 0 Å². The number of rotatable bonds is 2. The summed E-state index contributed by atoms with van der Waals surface area (Å²) in [6, 6.07) is 6.97. The Labute approximate surface area is 80.9 Å². The highest BCUT2D eigenvalue weighted by atomic mass is 19.1. The summed E-state index contributed by atoms with van der Waals surface area (Å²) < 4.78 is 20.5. The maximum Gasteiger partial charge on any atom is 0.132 e. The molecule has 3 rings (SSSR count). The van der Waals surface area contributed by atoms with Crippen LogP contribution >= 0.6 is 0 Å². The van der Waals surface area contributed by atoms with Crippen molar-refractivity contribution in [3.05, 3.63) is 36.3 Å². The van der Waals surface area contributed by atoms with Crippen molar-refractivity contribution in [2.24, 2.45) is 0 Å². The van der Waals surface area contributed by atoms with Crippen LogP contribution in [0.1, 0.15) is 0 Å². The van der Waals surface area contributed by atoms with E-state index in [0.29, 0.717) is 11.5 Å². The van der Waals surface area contributed by atoms with Crippen molar-refractivity contribution in [3.8, 4) is 0 Å². The van der Waals surface area contributed by atoms with Crippen molar-refractivity contribution in [2.45, 2.75) is 12.6 Å². The average Bonchev–Trinajstić information content (AvgIpc) is 2.88. The maximum atomic E-state index is 13.3. The molecule has 0 amide bonds. The summed E-state index contributed by atoms with van der Waals surface area (Å²) in [6.07, 6.45) is 2.24. The summed E-state index contributed by atoms with van der Waals surface area (Å²) in [6.45, 7) is 1.65. The highest BCUT2D eigenvalue weighted by Crippen LogP contribution is 2.21. The van der Waals surface area contributed by atoms with E-state index in [1.807, 2.05) is 22.9 Å². The number of halogens is 1. The molecule has 0 spiro atoms. The first-order chi connectivity index (χ1) is 6.84. The smallest absolute Gasteiger partial charge is 0.132 e. The molecule has 1 fully saturated rings. The van der Waals surface area contributed by atoms with Crippen molar-refractivity contribution in [2.75, 3.05) is 6.61 Å². The molecule has 0 N–H and O–H groups in total. The Morgan fingerprint density at radius 3 is 3.07 bits per heavy atom. The summed E-state index contributed by atoms with van der Waals surface area (Å²) in [4.78, 5) is 0. The Bertz CT molecular complexity index is 473. The second-order valence-corrected chi connectivity index (χ2v) is 3.60. The summed E-state index contributed by atoms with van der Waals surface area (Å²) in [5, 5.41) is 0.688. The fraction of sp³-hybridized carbons (Fsp3) is 0.273. The molecule has 2 heterocycles. The van der Waals surface area contributed by atoms with E-state index in [9.17, 15) is 4.39 Å². The largest absolute Gasteiger partial charge is 0.371 e. The van der Waals surface area contributed by atoms with Crippen LogP contribution in [-0.4, -0.2) is 17.3 Å².